The number of rotatable bonds is 9. The molecule has 0 aliphatic rings. The summed E-state index contributed by atoms with van der Waals surface area (Å²) in [5.74, 6) is 1.42. The van der Waals surface area contributed by atoms with E-state index >= 15 is 0 Å². The molecule has 0 fully saturated rings. The van der Waals surface area contributed by atoms with Crippen molar-refractivity contribution in [3.63, 3.8) is 0 Å². The van der Waals surface area contributed by atoms with E-state index in [-0.39, 0.29) is 0 Å². The number of pyridine rings is 2. The molecule has 0 aliphatic carbocycles. The Bertz CT molecular complexity index is 747. The fourth-order valence-electron chi connectivity index (χ4n) is 2.49. The highest BCUT2D eigenvalue weighted by Gasteiger charge is 2.06. The van der Waals surface area contributed by atoms with Gasteiger partial charge in [0.1, 0.15) is 5.82 Å². The zero-order valence-electron chi connectivity index (χ0n) is 16.1. The molecular formula is C21H29N5. The van der Waals surface area contributed by atoms with E-state index in [4.69, 9.17) is 5.41 Å². The van der Waals surface area contributed by atoms with Crippen molar-refractivity contribution < 1.29 is 0 Å². The Kier molecular flexibility index (Phi) is 7.33. The second-order valence-corrected chi connectivity index (χ2v) is 6.82. The molecule has 0 unspecified atom stereocenters. The summed E-state index contributed by atoms with van der Waals surface area (Å²) in [7, 11) is 0. The van der Waals surface area contributed by atoms with Crippen LogP contribution in [0.4, 0.5) is 11.5 Å². The predicted molar refractivity (Wildman–Crippen MR) is 111 cm³/mol. The molecule has 138 valence electrons. The quantitative estimate of drug-likeness (QED) is 0.556. The second-order valence-electron chi connectivity index (χ2n) is 6.82. The minimum absolute atomic E-state index is 0.491. The average Bonchev–Trinajstić information content (AvgIpc) is 2.61. The number of hydrogen-bond donors (Lipinski definition) is 3. The van der Waals surface area contributed by atoms with Crippen LogP contribution < -0.4 is 10.6 Å². The Morgan fingerprint density at radius 1 is 1.23 bits per heavy atom. The fraction of sp³-hybridized carbons (Fsp3) is 0.381. The predicted octanol–water partition coefficient (Wildman–Crippen LogP) is 4.99. The average molecular weight is 351 g/mol. The van der Waals surface area contributed by atoms with Crippen LogP contribution in [-0.2, 0) is 6.42 Å². The highest BCUT2D eigenvalue weighted by molar-refractivity contribution is 6.21. The van der Waals surface area contributed by atoms with Crippen LogP contribution in [0.5, 0.6) is 0 Å². The summed E-state index contributed by atoms with van der Waals surface area (Å²) in [6.07, 6.45) is 7.52. The minimum atomic E-state index is 0.491. The van der Waals surface area contributed by atoms with E-state index in [1.807, 2.05) is 42.9 Å². The molecule has 26 heavy (non-hydrogen) atoms. The first kappa shape index (κ1) is 19.6. The molecular weight excluding hydrogens is 322 g/mol. The maximum atomic E-state index is 8.09. The lowest BCUT2D eigenvalue weighted by Crippen LogP contribution is -2.09. The molecule has 5 heteroatoms. The van der Waals surface area contributed by atoms with E-state index in [0.717, 1.165) is 47.7 Å². The second kappa shape index (κ2) is 9.70. The van der Waals surface area contributed by atoms with Gasteiger partial charge in [0.05, 0.1) is 0 Å². The topological polar surface area (TPSA) is 73.7 Å². The lowest BCUT2D eigenvalue weighted by Gasteiger charge is -2.11. The summed E-state index contributed by atoms with van der Waals surface area (Å²) in [5.41, 5.74) is 4.28. The fourth-order valence-corrected chi connectivity index (χ4v) is 2.49. The van der Waals surface area contributed by atoms with Gasteiger partial charge in [0.15, 0.2) is 0 Å². The molecule has 0 aromatic carbocycles. The zero-order chi connectivity index (χ0) is 18.9. The smallest absolute Gasteiger partial charge is 0.125 e. The van der Waals surface area contributed by atoms with Crippen molar-refractivity contribution >= 4 is 22.8 Å². The van der Waals surface area contributed by atoms with Crippen molar-refractivity contribution in [1.29, 1.82) is 5.41 Å². The van der Waals surface area contributed by atoms with Gasteiger partial charge in [-0.1, -0.05) is 27.2 Å². The van der Waals surface area contributed by atoms with Crippen molar-refractivity contribution in [3.8, 4) is 0 Å². The largest absolute Gasteiger partial charge is 0.370 e. The van der Waals surface area contributed by atoms with Crippen LogP contribution >= 0.6 is 0 Å². The van der Waals surface area contributed by atoms with Gasteiger partial charge in [-0.05, 0) is 43.5 Å². The van der Waals surface area contributed by atoms with Crippen LogP contribution in [0.2, 0.25) is 0 Å². The van der Waals surface area contributed by atoms with E-state index in [1.54, 1.807) is 6.92 Å². The van der Waals surface area contributed by atoms with Gasteiger partial charge >= 0.3 is 0 Å². The Hall–Kier alpha value is -2.69. The molecule has 2 aromatic rings. The highest BCUT2D eigenvalue weighted by atomic mass is 15.0. The lowest BCUT2D eigenvalue weighted by molar-refractivity contribution is 0.687. The molecule has 0 atom stereocenters. The molecule has 5 nitrogen and oxygen atoms in total. The number of aryl methyl sites for hydroxylation is 1. The van der Waals surface area contributed by atoms with Crippen molar-refractivity contribution in [1.82, 2.24) is 9.97 Å². The summed E-state index contributed by atoms with van der Waals surface area (Å²) < 4.78 is 0. The molecule has 0 amide bonds. The zero-order valence-corrected chi connectivity index (χ0v) is 16.1. The molecule has 0 aliphatic heterocycles. The number of nitrogens with one attached hydrogen (secondary N) is 3. The first-order valence-electron chi connectivity index (χ1n) is 9.17. The normalized spacial score (nSPS) is 11.5. The van der Waals surface area contributed by atoms with Crippen LogP contribution in [0.15, 0.2) is 42.9 Å². The van der Waals surface area contributed by atoms with Gasteiger partial charge in [-0.25, -0.2) is 4.98 Å². The van der Waals surface area contributed by atoms with Gasteiger partial charge < -0.3 is 16.0 Å². The van der Waals surface area contributed by atoms with Crippen molar-refractivity contribution in [2.24, 2.45) is 5.92 Å². The first-order valence-corrected chi connectivity index (χ1v) is 9.17. The van der Waals surface area contributed by atoms with Crippen LogP contribution in [0.3, 0.4) is 0 Å². The Morgan fingerprint density at radius 2 is 2.04 bits per heavy atom. The standard InChI is InChI=1S/C21H29N5/c1-5-6-18-11-19(9-10-23-18)24-14-20(16(4)22)17-7-8-21(26-13-17)25-12-15(2)3/h7-11,13-15,22H,5-6,12H2,1-4H3,(H,23,24)(H,25,26)/b20-14+,22-16?. The molecule has 0 saturated heterocycles. The molecule has 0 saturated carbocycles. The highest BCUT2D eigenvalue weighted by Crippen LogP contribution is 2.18. The monoisotopic (exact) mass is 351 g/mol. The summed E-state index contributed by atoms with van der Waals surface area (Å²) in [4.78, 5) is 8.83. The summed E-state index contributed by atoms with van der Waals surface area (Å²) >= 11 is 0. The Labute approximate surface area is 156 Å². The van der Waals surface area contributed by atoms with E-state index < -0.39 is 0 Å². The van der Waals surface area contributed by atoms with Crippen LogP contribution in [0.1, 0.15) is 45.4 Å². The Morgan fingerprint density at radius 3 is 2.65 bits per heavy atom. The van der Waals surface area contributed by atoms with Gasteiger partial charge in [0.25, 0.3) is 0 Å². The molecule has 0 bridgehead atoms. The maximum absolute atomic E-state index is 8.09. The summed E-state index contributed by atoms with van der Waals surface area (Å²) in [5, 5.41) is 14.7. The van der Waals surface area contributed by atoms with Gasteiger partial charge in [0, 0.05) is 53.4 Å². The van der Waals surface area contributed by atoms with Crippen LogP contribution in [0.25, 0.3) is 5.57 Å². The van der Waals surface area contributed by atoms with Crippen molar-refractivity contribution in [2.75, 3.05) is 17.2 Å². The number of nitrogens with zero attached hydrogens (tertiary/aromatic N) is 2. The third-order valence-electron chi connectivity index (χ3n) is 3.88. The Balaban J connectivity index is 2.14. The number of aromatic nitrogens is 2. The van der Waals surface area contributed by atoms with E-state index in [2.05, 4.69) is 41.4 Å². The third kappa shape index (κ3) is 5.99. The molecule has 0 radical (unpaired) electrons. The molecule has 3 N–H and O–H groups in total. The lowest BCUT2D eigenvalue weighted by atomic mass is 10.1. The maximum Gasteiger partial charge on any atom is 0.125 e. The molecule has 2 aromatic heterocycles. The number of allylic oxidation sites excluding steroid dienone is 1. The van der Waals surface area contributed by atoms with Crippen LogP contribution in [-0.4, -0.2) is 22.2 Å². The van der Waals surface area contributed by atoms with Gasteiger partial charge in [-0.2, -0.15) is 0 Å². The summed E-state index contributed by atoms with van der Waals surface area (Å²) in [6, 6.07) is 7.94. The minimum Gasteiger partial charge on any atom is -0.370 e. The van der Waals surface area contributed by atoms with Crippen molar-refractivity contribution in [3.05, 3.63) is 54.1 Å². The van der Waals surface area contributed by atoms with E-state index in [1.165, 1.54) is 0 Å². The van der Waals surface area contributed by atoms with Gasteiger partial charge in [0.2, 0.25) is 0 Å². The van der Waals surface area contributed by atoms with E-state index in [9.17, 15) is 0 Å². The SMILES string of the molecule is CCCc1cc(N/C=C(\C(C)=N)c2ccc(NCC(C)C)nc2)ccn1. The van der Waals surface area contributed by atoms with E-state index in [0.29, 0.717) is 11.6 Å². The van der Waals surface area contributed by atoms with Gasteiger partial charge in [-0.15, -0.1) is 0 Å². The number of anilines is 2. The molecule has 0 spiro atoms. The van der Waals surface area contributed by atoms with Gasteiger partial charge in [-0.3, -0.25) is 4.98 Å². The summed E-state index contributed by atoms with van der Waals surface area (Å²) in [6.45, 7) is 9.15. The van der Waals surface area contributed by atoms with Crippen molar-refractivity contribution in [2.45, 2.75) is 40.5 Å². The first-order chi connectivity index (χ1) is 12.5. The third-order valence-corrected chi connectivity index (χ3v) is 3.88. The molecule has 2 rings (SSSR count). The van der Waals surface area contributed by atoms with Crippen LogP contribution in [0, 0.1) is 11.3 Å². The molecule has 2 heterocycles. The number of hydrogen-bond acceptors (Lipinski definition) is 5.